The highest BCUT2D eigenvalue weighted by Crippen LogP contribution is 1.91. The number of aromatic amines is 1. The van der Waals surface area contributed by atoms with Crippen LogP contribution in [0.2, 0.25) is 0 Å². The minimum absolute atomic E-state index is 0.0409. The monoisotopic (exact) mass is 223 g/mol. The Balaban J connectivity index is 2.09. The Morgan fingerprint density at radius 3 is 2.88 bits per heavy atom. The molecule has 0 unspecified atom stereocenters. The van der Waals surface area contributed by atoms with E-state index in [1.807, 2.05) is 6.07 Å². The van der Waals surface area contributed by atoms with Gasteiger partial charge in [-0.05, 0) is 31.1 Å². The largest absolute Gasteiger partial charge is 0.329 e. The maximum atomic E-state index is 11.0. The summed E-state index contributed by atoms with van der Waals surface area (Å²) in [5.41, 5.74) is 0.987. The van der Waals surface area contributed by atoms with E-state index in [1.54, 1.807) is 12.3 Å². The van der Waals surface area contributed by atoms with Crippen molar-refractivity contribution in [1.82, 2.24) is 15.6 Å². The zero-order chi connectivity index (χ0) is 11.8. The molecule has 0 aliphatic heterocycles. The van der Waals surface area contributed by atoms with Crippen LogP contribution in [-0.4, -0.2) is 24.1 Å². The molecule has 0 saturated heterocycles. The Bertz CT molecular complexity index is 346. The van der Waals surface area contributed by atoms with Crippen LogP contribution in [0.3, 0.4) is 0 Å². The van der Waals surface area contributed by atoms with E-state index in [4.69, 9.17) is 0 Å². The molecule has 0 aliphatic rings. The van der Waals surface area contributed by atoms with Crippen molar-refractivity contribution in [2.75, 3.05) is 13.1 Å². The average Bonchev–Trinajstić information content (AvgIpc) is 2.23. The molecule has 0 spiro atoms. The molecule has 16 heavy (non-hydrogen) atoms. The number of nitrogens with one attached hydrogen (secondary N) is 3. The lowest BCUT2D eigenvalue weighted by atomic mass is 10.2. The molecular weight excluding hydrogens is 202 g/mol. The van der Waals surface area contributed by atoms with Crippen LogP contribution in [0.25, 0.3) is 0 Å². The van der Waals surface area contributed by atoms with E-state index in [0.29, 0.717) is 6.04 Å². The molecule has 0 aromatic carbocycles. The summed E-state index contributed by atoms with van der Waals surface area (Å²) < 4.78 is 0. The lowest BCUT2D eigenvalue weighted by Crippen LogP contribution is -2.26. The molecule has 90 valence electrons. The number of hydrogen-bond acceptors (Lipinski definition) is 3. The van der Waals surface area contributed by atoms with Gasteiger partial charge in [0.15, 0.2) is 0 Å². The van der Waals surface area contributed by atoms with Crippen molar-refractivity contribution in [3.05, 3.63) is 34.2 Å². The first kappa shape index (κ1) is 12.9. The van der Waals surface area contributed by atoms with Gasteiger partial charge in [0.1, 0.15) is 0 Å². The van der Waals surface area contributed by atoms with Crippen LogP contribution in [0, 0.1) is 0 Å². The molecule has 4 heteroatoms. The Labute approximate surface area is 96.5 Å². The third-order valence-electron chi connectivity index (χ3n) is 2.25. The fourth-order valence-corrected chi connectivity index (χ4v) is 1.44. The molecule has 0 radical (unpaired) electrons. The van der Waals surface area contributed by atoms with Crippen molar-refractivity contribution in [1.29, 1.82) is 0 Å². The molecule has 0 atom stereocenters. The minimum atomic E-state index is -0.0409. The van der Waals surface area contributed by atoms with Crippen LogP contribution >= 0.6 is 0 Å². The Kier molecular flexibility index (Phi) is 5.82. The van der Waals surface area contributed by atoms with Crippen molar-refractivity contribution in [2.24, 2.45) is 0 Å². The van der Waals surface area contributed by atoms with E-state index in [0.717, 1.165) is 31.6 Å². The number of rotatable bonds is 7. The fourth-order valence-electron chi connectivity index (χ4n) is 1.44. The highest BCUT2D eigenvalue weighted by atomic mass is 16.1. The van der Waals surface area contributed by atoms with Gasteiger partial charge in [-0.15, -0.1) is 0 Å². The zero-order valence-corrected chi connectivity index (χ0v) is 10.0. The van der Waals surface area contributed by atoms with Crippen LogP contribution in [0.1, 0.15) is 25.8 Å². The third kappa shape index (κ3) is 5.68. The summed E-state index contributed by atoms with van der Waals surface area (Å²) >= 11 is 0. The van der Waals surface area contributed by atoms with E-state index < -0.39 is 0 Å². The van der Waals surface area contributed by atoms with Crippen LogP contribution in [0.4, 0.5) is 0 Å². The van der Waals surface area contributed by atoms with Gasteiger partial charge in [0.2, 0.25) is 5.56 Å². The van der Waals surface area contributed by atoms with E-state index in [1.165, 1.54) is 0 Å². The summed E-state index contributed by atoms with van der Waals surface area (Å²) in [6.07, 6.45) is 2.78. The van der Waals surface area contributed by atoms with Gasteiger partial charge < -0.3 is 15.6 Å². The number of aromatic nitrogens is 1. The van der Waals surface area contributed by atoms with Gasteiger partial charge in [0.25, 0.3) is 0 Å². The second-order valence-electron chi connectivity index (χ2n) is 4.20. The minimum Gasteiger partial charge on any atom is -0.329 e. The molecule has 1 aromatic heterocycles. The second kappa shape index (κ2) is 7.19. The van der Waals surface area contributed by atoms with Gasteiger partial charge in [-0.3, -0.25) is 4.79 Å². The van der Waals surface area contributed by atoms with E-state index in [2.05, 4.69) is 29.5 Å². The Hall–Kier alpha value is -1.13. The summed E-state index contributed by atoms with van der Waals surface area (Å²) in [5, 5.41) is 6.67. The third-order valence-corrected chi connectivity index (χ3v) is 2.25. The maximum Gasteiger partial charge on any atom is 0.248 e. The van der Waals surface area contributed by atoms with Crippen molar-refractivity contribution in [3.8, 4) is 0 Å². The molecule has 1 rings (SSSR count). The summed E-state index contributed by atoms with van der Waals surface area (Å²) in [5.74, 6) is 0. The molecule has 0 bridgehead atoms. The number of pyridine rings is 1. The predicted octanol–water partition coefficient (Wildman–Crippen LogP) is 0.853. The van der Waals surface area contributed by atoms with Crippen LogP contribution in [0.15, 0.2) is 23.1 Å². The van der Waals surface area contributed by atoms with Crippen molar-refractivity contribution < 1.29 is 0 Å². The molecule has 1 heterocycles. The lowest BCUT2D eigenvalue weighted by Gasteiger charge is -2.08. The standard InChI is InChI=1S/C12H21N3O/c1-10(2)14-6-3-5-13-9-11-4-7-15-12(16)8-11/h4,7-8,10,13-14H,3,5-6,9H2,1-2H3,(H,15,16). The zero-order valence-electron chi connectivity index (χ0n) is 10.0. The van der Waals surface area contributed by atoms with Gasteiger partial charge in [-0.1, -0.05) is 13.8 Å². The molecule has 0 aliphatic carbocycles. The van der Waals surface area contributed by atoms with Crippen LogP contribution in [0.5, 0.6) is 0 Å². The first-order chi connectivity index (χ1) is 7.68. The van der Waals surface area contributed by atoms with Crippen LogP contribution < -0.4 is 16.2 Å². The average molecular weight is 223 g/mol. The van der Waals surface area contributed by atoms with Crippen molar-refractivity contribution in [3.63, 3.8) is 0 Å². The molecule has 0 fully saturated rings. The SMILES string of the molecule is CC(C)NCCCNCc1cc[nH]c(=O)c1. The highest BCUT2D eigenvalue weighted by Gasteiger charge is 1.94. The summed E-state index contributed by atoms with van der Waals surface area (Å²) in [6.45, 7) is 7.03. The summed E-state index contributed by atoms with van der Waals surface area (Å²) in [6, 6.07) is 4.09. The molecule has 1 aromatic rings. The molecule has 0 amide bonds. The van der Waals surface area contributed by atoms with Gasteiger partial charge in [-0.2, -0.15) is 0 Å². The predicted molar refractivity (Wildman–Crippen MR) is 66.5 cm³/mol. The summed E-state index contributed by atoms with van der Waals surface area (Å²) in [4.78, 5) is 13.6. The molecule has 4 nitrogen and oxygen atoms in total. The molecule has 0 saturated carbocycles. The molecular formula is C12H21N3O. The van der Waals surface area contributed by atoms with E-state index in [-0.39, 0.29) is 5.56 Å². The van der Waals surface area contributed by atoms with Gasteiger partial charge in [0.05, 0.1) is 0 Å². The summed E-state index contributed by atoms with van der Waals surface area (Å²) in [7, 11) is 0. The lowest BCUT2D eigenvalue weighted by molar-refractivity contribution is 0.547. The van der Waals surface area contributed by atoms with Gasteiger partial charge >= 0.3 is 0 Å². The normalized spacial score (nSPS) is 10.9. The number of hydrogen-bond donors (Lipinski definition) is 3. The molecule has 3 N–H and O–H groups in total. The maximum absolute atomic E-state index is 11.0. The van der Waals surface area contributed by atoms with Crippen LogP contribution in [-0.2, 0) is 6.54 Å². The van der Waals surface area contributed by atoms with Crippen molar-refractivity contribution >= 4 is 0 Å². The van der Waals surface area contributed by atoms with Crippen molar-refractivity contribution in [2.45, 2.75) is 32.9 Å². The van der Waals surface area contributed by atoms with Gasteiger partial charge in [-0.25, -0.2) is 0 Å². The second-order valence-corrected chi connectivity index (χ2v) is 4.20. The Morgan fingerprint density at radius 1 is 1.38 bits per heavy atom. The highest BCUT2D eigenvalue weighted by molar-refractivity contribution is 5.09. The quantitative estimate of drug-likeness (QED) is 0.601. The first-order valence-electron chi connectivity index (χ1n) is 5.80. The van der Waals surface area contributed by atoms with Gasteiger partial charge in [0, 0.05) is 24.8 Å². The number of H-pyrrole nitrogens is 1. The Morgan fingerprint density at radius 2 is 2.19 bits per heavy atom. The first-order valence-corrected chi connectivity index (χ1v) is 5.80. The van der Waals surface area contributed by atoms with E-state index in [9.17, 15) is 4.79 Å². The van der Waals surface area contributed by atoms with E-state index >= 15 is 0 Å². The fraction of sp³-hybridized carbons (Fsp3) is 0.583. The smallest absolute Gasteiger partial charge is 0.248 e. The topological polar surface area (TPSA) is 56.9 Å².